The Bertz CT molecular complexity index is 686. The van der Waals surface area contributed by atoms with Gasteiger partial charge in [0.2, 0.25) is 0 Å². The van der Waals surface area contributed by atoms with Gasteiger partial charge in [-0.3, -0.25) is 9.78 Å². The van der Waals surface area contributed by atoms with Crippen LogP contribution in [0.25, 0.3) is 0 Å². The molecular weight excluding hydrogens is 244 g/mol. The first-order chi connectivity index (χ1) is 9.11. The molecule has 100 valence electrons. The van der Waals surface area contributed by atoms with Crippen LogP contribution in [0.3, 0.4) is 0 Å². The third-order valence-corrected chi connectivity index (χ3v) is 2.89. The van der Waals surface area contributed by atoms with Crippen LogP contribution in [0.4, 0.5) is 0 Å². The van der Waals surface area contributed by atoms with Gasteiger partial charge in [-0.05, 0) is 25.5 Å². The average molecular weight is 260 g/mol. The number of hydrogen-bond donors (Lipinski definition) is 2. The Labute approximate surface area is 110 Å². The fourth-order valence-electron chi connectivity index (χ4n) is 1.98. The molecule has 0 saturated carbocycles. The molecule has 0 aliphatic carbocycles. The van der Waals surface area contributed by atoms with Crippen molar-refractivity contribution in [2.75, 3.05) is 6.61 Å². The summed E-state index contributed by atoms with van der Waals surface area (Å²) in [6, 6.07) is 7.56. The maximum absolute atomic E-state index is 11.8. The van der Waals surface area contributed by atoms with Gasteiger partial charge in [0.1, 0.15) is 5.75 Å². The van der Waals surface area contributed by atoms with Gasteiger partial charge >= 0.3 is 5.69 Å². The lowest BCUT2D eigenvalue weighted by Gasteiger charge is -2.10. The van der Waals surface area contributed by atoms with E-state index >= 15 is 0 Å². The predicted octanol–water partition coefficient (Wildman–Crippen LogP) is 1.36. The molecule has 0 saturated heterocycles. The molecule has 0 spiro atoms. The zero-order valence-corrected chi connectivity index (χ0v) is 10.9. The predicted molar refractivity (Wildman–Crippen MR) is 72.8 cm³/mol. The highest BCUT2D eigenvalue weighted by Gasteiger charge is 2.10. The second-order valence-corrected chi connectivity index (χ2v) is 4.23. The van der Waals surface area contributed by atoms with E-state index in [0.717, 1.165) is 11.3 Å². The monoisotopic (exact) mass is 260 g/mol. The summed E-state index contributed by atoms with van der Waals surface area (Å²) in [5, 5.41) is 0. The lowest BCUT2D eigenvalue weighted by atomic mass is 10.0. The van der Waals surface area contributed by atoms with E-state index in [2.05, 4.69) is 9.97 Å². The van der Waals surface area contributed by atoms with E-state index < -0.39 is 5.69 Å². The molecule has 1 heterocycles. The van der Waals surface area contributed by atoms with Crippen molar-refractivity contribution in [3.8, 4) is 5.75 Å². The number of aromatic nitrogens is 2. The van der Waals surface area contributed by atoms with Gasteiger partial charge in [0.05, 0.1) is 6.61 Å². The van der Waals surface area contributed by atoms with Gasteiger partial charge in [-0.2, -0.15) is 0 Å². The van der Waals surface area contributed by atoms with Crippen molar-refractivity contribution in [1.29, 1.82) is 0 Å². The van der Waals surface area contributed by atoms with Crippen molar-refractivity contribution >= 4 is 0 Å². The molecule has 2 rings (SSSR count). The largest absolute Gasteiger partial charge is 0.494 e. The van der Waals surface area contributed by atoms with Gasteiger partial charge < -0.3 is 9.72 Å². The number of nitrogens with one attached hydrogen (secondary N) is 2. The molecule has 19 heavy (non-hydrogen) atoms. The second kappa shape index (κ2) is 5.56. The molecular formula is C14H16N2O3. The van der Waals surface area contributed by atoms with Crippen molar-refractivity contribution in [1.82, 2.24) is 9.97 Å². The van der Waals surface area contributed by atoms with E-state index in [0.29, 0.717) is 24.3 Å². The second-order valence-electron chi connectivity index (χ2n) is 4.23. The summed E-state index contributed by atoms with van der Waals surface area (Å²) >= 11 is 0. The summed E-state index contributed by atoms with van der Waals surface area (Å²) in [7, 11) is 0. The number of aryl methyl sites for hydroxylation is 1. The Morgan fingerprint density at radius 2 is 1.89 bits per heavy atom. The van der Waals surface area contributed by atoms with Crippen LogP contribution in [-0.4, -0.2) is 16.6 Å². The van der Waals surface area contributed by atoms with E-state index in [9.17, 15) is 9.59 Å². The van der Waals surface area contributed by atoms with Crippen LogP contribution in [0.5, 0.6) is 5.75 Å². The number of H-pyrrole nitrogens is 2. The fourth-order valence-corrected chi connectivity index (χ4v) is 1.98. The highest BCUT2D eigenvalue weighted by molar-refractivity contribution is 5.37. The number of rotatable bonds is 4. The molecule has 5 heteroatoms. The Kier molecular flexibility index (Phi) is 3.85. The summed E-state index contributed by atoms with van der Waals surface area (Å²) in [5.74, 6) is 0.759. The molecule has 0 amide bonds. The quantitative estimate of drug-likeness (QED) is 0.871. The summed E-state index contributed by atoms with van der Waals surface area (Å²) in [4.78, 5) is 27.8. The summed E-state index contributed by atoms with van der Waals surface area (Å²) < 4.78 is 5.53. The minimum absolute atomic E-state index is 0.354. The van der Waals surface area contributed by atoms with Gasteiger partial charge in [0.15, 0.2) is 0 Å². The lowest BCUT2D eigenvalue weighted by molar-refractivity contribution is 0.337. The van der Waals surface area contributed by atoms with Crippen molar-refractivity contribution in [3.05, 3.63) is 61.9 Å². The van der Waals surface area contributed by atoms with Crippen LogP contribution in [0.2, 0.25) is 0 Å². The van der Waals surface area contributed by atoms with E-state index in [1.807, 2.05) is 31.2 Å². The first kappa shape index (κ1) is 13.1. The lowest BCUT2D eigenvalue weighted by Crippen LogP contribution is -2.27. The Hall–Kier alpha value is -2.30. The number of para-hydroxylation sites is 1. The van der Waals surface area contributed by atoms with Crippen molar-refractivity contribution in [2.24, 2.45) is 0 Å². The van der Waals surface area contributed by atoms with Crippen LogP contribution in [-0.2, 0) is 6.42 Å². The number of aromatic amines is 2. The minimum atomic E-state index is -0.482. The normalized spacial score (nSPS) is 10.4. The Morgan fingerprint density at radius 3 is 2.58 bits per heavy atom. The molecule has 2 aromatic rings. The van der Waals surface area contributed by atoms with Crippen molar-refractivity contribution in [3.63, 3.8) is 0 Å². The summed E-state index contributed by atoms with van der Waals surface area (Å²) in [6.07, 6.45) is 0.425. The van der Waals surface area contributed by atoms with Crippen molar-refractivity contribution in [2.45, 2.75) is 20.3 Å². The van der Waals surface area contributed by atoms with Crippen LogP contribution in [0, 0.1) is 6.92 Å². The van der Waals surface area contributed by atoms with E-state index in [1.165, 1.54) is 0 Å². The molecule has 0 aliphatic rings. The zero-order valence-electron chi connectivity index (χ0n) is 10.9. The zero-order chi connectivity index (χ0) is 13.8. The molecule has 0 aliphatic heterocycles. The SMILES string of the molecule is CCOc1ccccc1Cc1c(C)[nH]c(=O)[nH]c1=O. The Balaban J connectivity index is 2.42. The number of hydrogen-bond acceptors (Lipinski definition) is 3. The molecule has 2 N–H and O–H groups in total. The topological polar surface area (TPSA) is 75.0 Å². The standard InChI is InChI=1S/C14H16N2O3/c1-3-19-12-7-5-4-6-10(12)8-11-9(2)15-14(18)16-13(11)17/h4-7H,3,8H2,1-2H3,(H2,15,16,17,18). The fraction of sp³-hybridized carbons (Fsp3) is 0.286. The van der Waals surface area contributed by atoms with Crippen molar-refractivity contribution < 1.29 is 4.74 Å². The van der Waals surface area contributed by atoms with E-state index in [-0.39, 0.29) is 5.56 Å². The first-order valence-corrected chi connectivity index (χ1v) is 6.14. The van der Waals surface area contributed by atoms with Gasteiger partial charge in [0, 0.05) is 17.7 Å². The molecule has 5 nitrogen and oxygen atoms in total. The molecule has 0 radical (unpaired) electrons. The summed E-state index contributed by atoms with van der Waals surface area (Å²) in [5.41, 5.74) is 1.22. The van der Waals surface area contributed by atoms with Crippen LogP contribution < -0.4 is 16.0 Å². The van der Waals surface area contributed by atoms with Gasteiger partial charge in [-0.25, -0.2) is 4.79 Å². The molecule has 1 aromatic heterocycles. The minimum Gasteiger partial charge on any atom is -0.494 e. The highest BCUT2D eigenvalue weighted by Crippen LogP contribution is 2.20. The first-order valence-electron chi connectivity index (χ1n) is 6.14. The third-order valence-electron chi connectivity index (χ3n) is 2.89. The van der Waals surface area contributed by atoms with E-state index in [4.69, 9.17) is 4.74 Å². The maximum atomic E-state index is 11.8. The van der Waals surface area contributed by atoms with Crippen LogP contribution in [0.1, 0.15) is 23.7 Å². The molecule has 1 aromatic carbocycles. The highest BCUT2D eigenvalue weighted by atomic mass is 16.5. The Morgan fingerprint density at radius 1 is 1.16 bits per heavy atom. The third kappa shape index (κ3) is 2.93. The molecule has 0 unspecified atom stereocenters. The van der Waals surface area contributed by atoms with E-state index in [1.54, 1.807) is 6.92 Å². The molecule has 0 bridgehead atoms. The van der Waals surface area contributed by atoms with Crippen LogP contribution in [0.15, 0.2) is 33.9 Å². The molecule has 0 atom stereocenters. The van der Waals surface area contributed by atoms with Crippen LogP contribution >= 0.6 is 0 Å². The van der Waals surface area contributed by atoms with Gasteiger partial charge in [-0.1, -0.05) is 18.2 Å². The molecule has 0 fully saturated rings. The van der Waals surface area contributed by atoms with Gasteiger partial charge in [0.25, 0.3) is 5.56 Å². The number of ether oxygens (including phenoxy) is 1. The number of benzene rings is 1. The smallest absolute Gasteiger partial charge is 0.325 e. The van der Waals surface area contributed by atoms with Gasteiger partial charge in [-0.15, -0.1) is 0 Å². The summed E-state index contributed by atoms with van der Waals surface area (Å²) in [6.45, 7) is 4.20. The maximum Gasteiger partial charge on any atom is 0.325 e. The average Bonchev–Trinajstić information content (AvgIpc) is 2.36.